The van der Waals surface area contributed by atoms with Crippen LogP contribution in [0.5, 0.6) is 0 Å². The Morgan fingerprint density at radius 3 is 0.980 bits per heavy atom. The molecule has 7 nitrogen and oxygen atoms in total. The molecule has 15 heteroatoms. The summed E-state index contributed by atoms with van der Waals surface area (Å²) in [6.45, 7) is 77.3. The van der Waals surface area contributed by atoms with Gasteiger partial charge in [-0.3, -0.25) is 10.7 Å². The van der Waals surface area contributed by atoms with Crippen molar-refractivity contribution in [1.82, 2.24) is 0 Å². The van der Waals surface area contributed by atoms with Crippen LogP contribution in [0.1, 0.15) is 483 Å². The molecule has 0 amide bonds. The Morgan fingerprint density at radius 1 is 0.430 bits per heavy atom. The number of fused-ring (bicyclic) bond motifs is 4. The van der Waals surface area contributed by atoms with Gasteiger partial charge in [0.05, 0.1) is 38.4 Å². The first-order valence-electron chi connectivity index (χ1n) is 60.9. The molecule has 0 bridgehead atoms. The Bertz CT molecular complexity index is 3950. The number of rotatable bonds is 37. The fourth-order valence-corrected chi connectivity index (χ4v) is 31.4. The van der Waals surface area contributed by atoms with Gasteiger partial charge in [0.25, 0.3) is 0 Å². The van der Waals surface area contributed by atoms with Crippen molar-refractivity contribution in [3.8, 4) is 0 Å². The van der Waals surface area contributed by atoms with Gasteiger partial charge in [-0.1, -0.05) is 392 Å². The molecule has 0 saturated heterocycles. The zero-order valence-corrected chi connectivity index (χ0v) is 112. The molecule has 12 aliphatic rings. The molecule has 26 atom stereocenters. The number of quaternary nitrogens is 1. The number of unbranched alkanes of at least 4 members (excludes halogenated alkanes) is 4. The third-order valence-electron chi connectivity index (χ3n) is 39.8. The van der Waals surface area contributed by atoms with E-state index < -0.39 is 31.9 Å². The number of aliphatic hydroxyl groups excluding tert-OH is 4. The van der Waals surface area contributed by atoms with E-state index in [0.717, 1.165) is 126 Å². The van der Waals surface area contributed by atoms with Crippen molar-refractivity contribution in [2.45, 2.75) is 506 Å². The normalized spacial score (nSPS) is 31.3. The zero-order chi connectivity index (χ0) is 108. The number of hydrogen-bond acceptors (Lipinski definition) is 6. The largest absolute Gasteiger partial charge is 1.00 e. The molecule has 848 valence electrons. The smallest absolute Gasteiger partial charge is 1.00 e. The SMILES string of the molecule is C=C1[C@H](C)CC(=C/C=C2\CCC[C@]3(C)[C@@H]([C@@H](C)CCCC(C)C)CC[C@@H]23)C[C@H]1C.C=C1[C@H](C)CC(=CC[P+](=O)P)C[C@H]1C.C=C1[C@H](O)CC(=C/C=C2\CCC[C@]3(C)[C@@H]([C@@H](C)CCCC(C)C)CC[C@@H]23)C[C@H]1O.CC(C)CCC[C@H](C)[C@H]1CC[C@H]2C(=O)CCC[C@]12C.CCCC[N+](CCCC)(CCCC)CCCC.C[C-]1[C@H](O)CC(=C/C=C2\CCC[C@]3(C)[C@@H]([C@@H](C)CCCC(C)C)CC[C@@H]23)C[C@H]1O.II.[F-].[HH].[Li+].[V].[Y].[c-]1ccccc1. The molecule has 2 unspecified atom stereocenters. The minimum atomic E-state index is -1.10. The van der Waals surface area contributed by atoms with E-state index in [4.69, 9.17) is 0 Å². The van der Waals surface area contributed by atoms with Crippen LogP contribution in [0.15, 0.2) is 148 Å². The maximum absolute atomic E-state index is 12.2. The van der Waals surface area contributed by atoms with Gasteiger partial charge < -0.3 is 29.6 Å². The number of halogens is 3. The summed E-state index contributed by atoms with van der Waals surface area (Å²) >= 11 is 4.24. The van der Waals surface area contributed by atoms with Crippen molar-refractivity contribution in [2.75, 3.05) is 32.3 Å². The van der Waals surface area contributed by atoms with Crippen molar-refractivity contribution >= 4 is 59.4 Å². The minimum absolute atomic E-state index is 0. The second-order valence-electron chi connectivity index (χ2n) is 52.7. The summed E-state index contributed by atoms with van der Waals surface area (Å²) in [5, 5.41) is 40.6. The molecule has 4 N–H and O–H groups in total. The Kier molecular flexibility index (Phi) is 73.0. The van der Waals surface area contributed by atoms with Gasteiger partial charge >= 0.3 is 26.4 Å². The first-order chi connectivity index (χ1) is 68.9. The Morgan fingerprint density at radius 2 is 0.705 bits per heavy atom. The van der Waals surface area contributed by atoms with E-state index in [0.29, 0.717) is 94.5 Å². The molecule has 0 heterocycles. The Labute approximate surface area is 998 Å². The van der Waals surface area contributed by atoms with Gasteiger partial charge in [-0.15, -0.1) is 0 Å². The van der Waals surface area contributed by atoms with Crippen LogP contribution in [0.4, 0.5) is 0 Å². The van der Waals surface area contributed by atoms with E-state index in [-0.39, 0.29) is 76.3 Å². The third kappa shape index (κ3) is 46.1. The quantitative estimate of drug-likeness (QED) is 0.0132. The van der Waals surface area contributed by atoms with Gasteiger partial charge in [0.2, 0.25) is 0 Å². The van der Waals surface area contributed by atoms with Gasteiger partial charge in [-0.25, -0.2) is 0 Å². The predicted molar refractivity (Wildman–Crippen MR) is 657 cm³/mol. The number of Topliss-reactive ketones (excluding diaryl/α,β-unsaturated/α-hetero) is 1. The molecular weight excluding hydrogens is 2200 g/mol. The second kappa shape index (κ2) is 74.9. The zero-order valence-electron chi connectivity index (χ0n) is 101. The van der Waals surface area contributed by atoms with Crippen LogP contribution in [0, 0.1) is 152 Å². The molecule has 0 aromatic heterocycles. The van der Waals surface area contributed by atoms with Gasteiger partial charge in [0.15, 0.2) is 6.16 Å². The molecular formula is C134H231FI2LiNO6P2VY. The summed E-state index contributed by atoms with van der Waals surface area (Å²) in [7, 11) is 1.27. The molecule has 12 fully saturated rings. The third-order valence-corrected chi connectivity index (χ3v) is 41.0. The summed E-state index contributed by atoms with van der Waals surface area (Å²) in [5.41, 5.74) is 15.8. The van der Waals surface area contributed by atoms with E-state index in [1.807, 2.05) is 37.3 Å². The van der Waals surface area contributed by atoms with Crippen LogP contribution in [0.25, 0.3) is 0 Å². The van der Waals surface area contributed by atoms with E-state index >= 15 is 0 Å². The molecule has 12 saturated carbocycles. The van der Waals surface area contributed by atoms with Crippen LogP contribution in [0.2, 0.25) is 0 Å². The van der Waals surface area contributed by atoms with E-state index in [2.05, 4.69) is 281 Å². The standard InChI is InChI=1S/C29H48.C27H45O2.C27H44O2.C18H32O.C16H36N.C11H19OP2.C6H5.FH.I2.Li.V.Y.H2/c1-20(2)10-8-11-21(3)27-15-16-28-26(12-9-17-29(27,28)7)14-13-25-18-22(4)24(6)23(5)19-25;2*1-18(2)8-6-9-19(3)23-13-14-24-22(10-7-15-27(23,24)5)12-11-21-16-25(28)20(4)26(29)17-21;1-13(2)7-5-8-14(3)15-10-11-16-17(19)9-6-12-18(15,16)4;1-5-9-13-17(14-10-6-2,15-11-7-3)16-12-8-4;1-8-6-11(4-5-14(12)13)7-9(2)10(8)3;1-2-4-6-5-3-1;;1-2;;;;/h13-14,20-23,27-28H,6,8-12,15-19H2,1-5,7H3;11-12,18-19,23-26,28-29H,6-10,13-17H2,1-5H3;11-12,18-19,23-26,28-29H,4,6-10,13-17H2,1-3,5H3;13-16H,5-12H2,1-4H3;5-16H2,1-4H3;4,8-9H,3,5-7,13H2,1-2H3;1-5H;1H;;;;;1H/q;-1;;;2*+1;-1;;;+1;;;/p-1/b26-14+;2*22-12+;;;;;;;;;;/t21-,22+,23+,27+,28-,29+;2*19-,23+,24-,25+,26+,27+;14-,15+,16-,18+;;8-,9-;;;;;;;/m0000.1......./s1. The summed E-state index contributed by atoms with van der Waals surface area (Å²) in [5.74, 6) is 16.8. The van der Waals surface area contributed by atoms with Crippen LogP contribution in [-0.4, -0.2) is 87.4 Å². The number of aliphatic hydroxyl groups is 4. The second-order valence-corrected chi connectivity index (χ2v) is 55.6. The maximum Gasteiger partial charge on any atom is 1.00 e. The van der Waals surface area contributed by atoms with Gasteiger partial charge in [-0.2, -0.15) is 43.3 Å². The summed E-state index contributed by atoms with van der Waals surface area (Å²) < 4.78 is 12.4. The average Bonchev–Trinajstić information content (AvgIpc) is 1.61. The van der Waals surface area contributed by atoms with Gasteiger partial charge in [0, 0.05) is 102 Å². The molecule has 1 aromatic rings. The molecule has 0 spiro atoms. The predicted octanol–water partition coefficient (Wildman–Crippen LogP) is 34.3. The number of nitrogens with zero attached hydrogens (tertiary/aromatic N) is 1. The molecule has 2 radical (unpaired) electrons. The summed E-state index contributed by atoms with van der Waals surface area (Å²) in [6, 6.07) is 12.5. The monoisotopic (exact) mass is 2430 g/mol. The summed E-state index contributed by atoms with van der Waals surface area (Å²) in [6.07, 6.45) is 76.1. The van der Waals surface area contributed by atoms with Crippen LogP contribution >= 0.6 is 53.6 Å². The first kappa shape index (κ1) is 145. The molecule has 1 aromatic carbocycles. The molecule has 13 rings (SSSR count). The average molecular weight is 2430 g/mol. The fourth-order valence-electron chi connectivity index (χ4n) is 30.6. The molecule has 12 aliphatic carbocycles. The molecule has 149 heavy (non-hydrogen) atoms. The Hall–Kier alpha value is 0.296. The molecule has 0 aliphatic heterocycles. The van der Waals surface area contributed by atoms with Gasteiger partial charge in [-0.05, 0) is 345 Å². The van der Waals surface area contributed by atoms with Gasteiger partial charge in [0.1, 0.15) is 14.7 Å². The maximum atomic E-state index is 12.2. The van der Waals surface area contributed by atoms with E-state index in [1.54, 1.807) is 22.3 Å². The van der Waals surface area contributed by atoms with Crippen molar-refractivity contribution in [1.29, 1.82) is 0 Å². The van der Waals surface area contributed by atoms with E-state index in [1.165, 1.54) is 310 Å². The van der Waals surface area contributed by atoms with Crippen LogP contribution in [0.3, 0.4) is 0 Å². The van der Waals surface area contributed by atoms with Crippen LogP contribution < -0.4 is 23.6 Å². The Balaban J connectivity index is 0.000000895. The number of hydrogen-bond donors (Lipinski definition) is 4. The fraction of sp³-hybridized carbons (Fsp3) is 0.791. The number of benzene rings is 1. The number of allylic oxidation sites excluding steroid dienone is 14. The number of carbonyl (C=O) groups excluding carboxylic acids is 1. The van der Waals surface area contributed by atoms with Crippen LogP contribution in [-0.2, 0) is 60.6 Å². The topological polar surface area (TPSA) is 115 Å². The van der Waals surface area contributed by atoms with Crippen molar-refractivity contribution < 1.29 is 111 Å². The summed E-state index contributed by atoms with van der Waals surface area (Å²) in [4.78, 5) is 12.2. The van der Waals surface area contributed by atoms with Crippen molar-refractivity contribution in [3.05, 3.63) is 160 Å². The van der Waals surface area contributed by atoms with E-state index in [9.17, 15) is 29.8 Å². The minimum Gasteiger partial charge on any atom is -1.00 e. The number of carbonyl (C=O) groups is 1. The first-order valence-corrected chi connectivity index (χ1v) is 70.3. The van der Waals surface area contributed by atoms with Crippen molar-refractivity contribution in [2.24, 2.45) is 140 Å². The van der Waals surface area contributed by atoms with Crippen molar-refractivity contribution in [3.63, 3.8) is 0 Å². The number of ketones is 1.